The first-order chi connectivity index (χ1) is 10.4. The second kappa shape index (κ2) is 5.13. The maximum Gasteiger partial charge on any atom is 0.420 e. The lowest BCUT2D eigenvalue weighted by Crippen LogP contribution is -2.10. The molecule has 3 aromatic rings. The summed E-state index contributed by atoms with van der Waals surface area (Å²) < 4.78 is 45.2. The van der Waals surface area contributed by atoms with Crippen molar-refractivity contribution in [3.63, 3.8) is 0 Å². The van der Waals surface area contributed by atoms with E-state index in [1.54, 1.807) is 24.3 Å². The SMILES string of the molecule is COc1ccc2cc(-c3nc(N)ncc3C(F)(F)F)sc2c1. The smallest absolute Gasteiger partial charge is 0.420 e. The first-order valence-corrected chi connectivity index (χ1v) is 6.98. The van der Waals surface area contributed by atoms with Crippen LogP contribution in [-0.4, -0.2) is 17.1 Å². The van der Waals surface area contributed by atoms with Gasteiger partial charge in [-0.15, -0.1) is 11.3 Å². The van der Waals surface area contributed by atoms with Gasteiger partial charge in [-0.25, -0.2) is 9.97 Å². The van der Waals surface area contributed by atoms with Gasteiger partial charge in [-0.05, 0) is 29.7 Å². The van der Waals surface area contributed by atoms with Gasteiger partial charge < -0.3 is 10.5 Å². The van der Waals surface area contributed by atoms with E-state index in [1.165, 1.54) is 18.4 Å². The molecule has 0 unspecified atom stereocenters. The standard InChI is InChI=1S/C14H10F3N3OS/c1-21-8-3-2-7-4-11(22-10(7)5-8)12-9(14(15,16)17)6-19-13(18)20-12/h2-6H,1H3,(H2,18,19,20). The van der Waals surface area contributed by atoms with Crippen LogP contribution in [0, 0.1) is 0 Å². The summed E-state index contributed by atoms with van der Waals surface area (Å²) in [6.07, 6.45) is -3.83. The minimum Gasteiger partial charge on any atom is -0.497 e. The summed E-state index contributed by atoms with van der Waals surface area (Å²) in [5.74, 6) is 0.442. The number of hydrogen-bond donors (Lipinski definition) is 1. The number of nitrogen functional groups attached to an aromatic ring is 1. The minimum absolute atomic E-state index is 0.196. The zero-order valence-corrected chi connectivity index (χ0v) is 12.1. The molecular weight excluding hydrogens is 315 g/mol. The number of methoxy groups -OCH3 is 1. The number of fused-ring (bicyclic) bond motifs is 1. The Balaban J connectivity index is 2.20. The van der Waals surface area contributed by atoms with Crippen molar-refractivity contribution in [2.75, 3.05) is 12.8 Å². The molecule has 0 radical (unpaired) electrons. The molecule has 114 valence electrons. The Morgan fingerprint density at radius 1 is 1.23 bits per heavy atom. The molecule has 0 saturated carbocycles. The summed E-state index contributed by atoms with van der Waals surface area (Å²) in [6.45, 7) is 0. The van der Waals surface area contributed by atoms with Crippen molar-refractivity contribution in [1.82, 2.24) is 9.97 Å². The minimum atomic E-state index is -4.54. The van der Waals surface area contributed by atoms with Crippen LogP contribution in [0.4, 0.5) is 19.1 Å². The van der Waals surface area contributed by atoms with Crippen molar-refractivity contribution in [2.24, 2.45) is 0 Å². The molecule has 0 bridgehead atoms. The molecule has 3 rings (SSSR count). The molecule has 0 aliphatic heterocycles. The van der Waals surface area contributed by atoms with Crippen molar-refractivity contribution in [3.8, 4) is 16.3 Å². The highest BCUT2D eigenvalue weighted by Crippen LogP contribution is 2.40. The number of nitrogens with zero attached hydrogens (tertiary/aromatic N) is 2. The number of halogens is 3. The predicted octanol–water partition coefficient (Wildman–Crippen LogP) is 3.97. The molecule has 0 saturated heterocycles. The van der Waals surface area contributed by atoms with Gasteiger partial charge in [0.15, 0.2) is 0 Å². The highest BCUT2D eigenvalue weighted by Gasteiger charge is 2.35. The normalized spacial score (nSPS) is 11.8. The van der Waals surface area contributed by atoms with Crippen molar-refractivity contribution in [1.29, 1.82) is 0 Å². The number of rotatable bonds is 2. The molecule has 8 heteroatoms. The molecule has 0 atom stereocenters. The van der Waals surface area contributed by atoms with E-state index in [9.17, 15) is 13.2 Å². The van der Waals surface area contributed by atoms with E-state index in [1.807, 2.05) is 0 Å². The average molecular weight is 325 g/mol. The largest absolute Gasteiger partial charge is 0.497 e. The second-order valence-corrected chi connectivity index (χ2v) is 5.59. The number of ether oxygens (including phenoxy) is 1. The zero-order chi connectivity index (χ0) is 15.9. The summed E-state index contributed by atoms with van der Waals surface area (Å²) in [4.78, 5) is 7.60. The van der Waals surface area contributed by atoms with Gasteiger partial charge in [-0.1, -0.05) is 0 Å². The number of benzene rings is 1. The molecule has 2 N–H and O–H groups in total. The van der Waals surface area contributed by atoms with Crippen molar-refractivity contribution in [2.45, 2.75) is 6.18 Å². The van der Waals surface area contributed by atoms with Crippen LogP contribution >= 0.6 is 11.3 Å². The van der Waals surface area contributed by atoms with E-state index < -0.39 is 11.7 Å². The topological polar surface area (TPSA) is 61.0 Å². The van der Waals surface area contributed by atoms with Crippen molar-refractivity contribution in [3.05, 3.63) is 36.0 Å². The Labute approximate surface area is 127 Å². The van der Waals surface area contributed by atoms with Gasteiger partial charge >= 0.3 is 6.18 Å². The average Bonchev–Trinajstić information content (AvgIpc) is 2.88. The molecule has 4 nitrogen and oxygen atoms in total. The molecule has 2 aromatic heterocycles. The van der Waals surface area contributed by atoms with E-state index in [2.05, 4.69) is 9.97 Å². The number of alkyl halides is 3. The lowest BCUT2D eigenvalue weighted by Gasteiger charge is -2.10. The molecule has 0 aliphatic carbocycles. The Morgan fingerprint density at radius 3 is 2.68 bits per heavy atom. The summed E-state index contributed by atoms with van der Waals surface area (Å²) >= 11 is 1.19. The van der Waals surface area contributed by atoms with Crippen LogP contribution < -0.4 is 10.5 Å². The summed E-state index contributed by atoms with van der Waals surface area (Å²) in [7, 11) is 1.53. The molecule has 0 spiro atoms. The Morgan fingerprint density at radius 2 is 2.00 bits per heavy atom. The van der Waals surface area contributed by atoms with E-state index in [-0.39, 0.29) is 11.6 Å². The molecule has 22 heavy (non-hydrogen) atoms. The fourth-order valence-corrected chi connectivity index (χ4v) is 3.14. The number of hydrogen-bond acceptors (Lipinski definition) is 5. The fraction of sp³-hybridized carbons (Fsp3) is 0.143. The second-order valence-electron chi connectivity index (χ2n) is 4.50. The molecule has 0 aliphatic rings. The third kappa shape index (κ3) is 2.57. The number of nitrogens with two attached hydrogens (primary N) is 1. The van der Waals surface area contributed by atoms with Gasteiger partial charge in [0.25, 0.3) is 0 Å². The monoisotopic (exact) mass is 325 g/mol. The van der Waals surface area contributed by atoms with Crippen molar-refractivity contribution >= 4 is 27.4 Å². The van der Waals surface area contributed by atoms with Gasteiger partial charge in [0.2, 0.25) is 5.95 Å². The summed E-state index contributed by atoms with van der Waals surface area (Å²) in [6, 6.07) is 6.95. The quantitative estimate of drug-likeness (QED) is 0.774. The molecule has 2 heterocycles. The van der Waals surface area contributed by atoms with Crippen molar-refractivity contribution < 1.29 is 17.9 Å². The molecule has 0 amide bonds. The van der Waals surface area contributed by atoms with Gasteiger partial charge in [0.05, 0.1) is 17.7 Å². The first kappa shape index (κ1) is 14.6. The first-order valence-electron chi connectivity index (χ1n) is 6.16. The van der Waals surface area contributed by atoms with E-state index in [0.717, 1.165) is 10.1 Å². The molecule has 0 fully saturated rings. The fourth-order valence-electron chi connectivity index (χ4n) is 2.05. The number of thiophene rings is 1. The molecule has 1 aromatic carbocycles. The van der Waals surface area contributed by atoms with Crippen LogP contribution in [0.1, 0.15) is 5.56 Å². The molecular formula is C14H10F3N3OS. The van der Waals surface area contributed by atoms with Crippen LogP contribution in [-0.2, 0) is 6.18 Å². The van der Waals surface area contributed by atoms with E-state index in [4.69, 9.17) is 10.5 Å². The van der Waals surface area contributed by atoms with Crippen LogP contribution in [0.2, 0.25) is 0 Å². The van der Waals surface area contributed by atoms with Crippen LogP contribution in [0.15, 0.2) is 30.5 Å². The third-order valence-corrected chi connectivity index (χ3v) is 4.18. The summed E-state index contributed by atoms with van der Waals surface area (Å²) in [5, 5.41) is 0.811. The maximum absolute atomic E-state index is 13.1. The Kier molecular flexibility index (Phi) is 3.40. The third-order valence-electron chi connectivity index (χ3n) is 3.07. The van der Waals surface area contributed by atoms with Crippen LogP contribution in [0.25, 0.3) is 20.7 Å². The predicted molar refractivity (Wildman–Crippen MR) is 78.8 cm³/mol. The Bertz CT molecular complexity index is 845. The summed E-state index contributed by atoms with van der Waals surface area (Å²) in [5.41, 5.74) is 4.33. The van der Waals surface area contributed by atoms with Gasteiger partial charge in [0, 0.05) is 10.9 Å². The van der Waals surface area contributed by atoms with Crippen LogP contribution in [0.3, 0.4) is 0 Å². The highest BCUT2D eigenvalue weighted by molar-refractivity contribution is 7.22. The van der Waals surface area contributed by atoms with E-state index in [0.29, 0.717) is 16.8 Å². The lowest BCUT2D eigenvalue weighted by atomic mass is 10.1. The van der Waals surface area contributed by atoms with Gasteiger partial charge in [-0.3, -0.25) is 0 Å². The maximum atomic E-state index is 13.1. The van der Waals surface area contributed by atoms with E-state index >= 15 is 0 Å². The zero-order valence-electron chi connectivity index (χ0n) is 11.3. The van der Waals surface area contributed by atoms with Gasteiger partial charge in [-0.2, -0.15) is 13.2 Å². The number of aromatic nitrogens is 2. The highest BCUT2D eigenvalue weighted by atomic mass is 32.1. The lowest BCUT2D eigenvalue weighted by molar-refractivity contribution is -0.137. The Hall–Kier alpha value is -2.35. The van der Waals surface area contributed by atoms with Gasteiger partial charge in [0.1, 0.15) is 11.3 Å². The number of anilines is 1. The van der Waals surface area contributed by atoms with Crippen LogP contribution in [0.5, 0.6) is 5.75 Å².